The zero-order chi connectivity index (χ0) is 11.5. The van der Waals surface area contributed by atoms with Crippen LogP contribution in [0.15, 0.2) is 0 Å². The van der Waals surface area contributed by atoms with Gasteiger partial charge in [-0.2, -0.15) is 0 Å². The summed E-state index contributed by atoms with van der Waals surface area (Å²) in [4.78, 5) is 13.9. The fraction of sp³-hybridized carbons (Fsp3) is 0.917. The lowest BCUT2D eigenvalue weighted by atomic mass is 9.93. The molecule has 0 spiro atoms. The van der Waals surface area contributed by atoms with Crippen LogP contribution >= 0.6 is 0 Å². The molecule has 1 fully saturated rings. The summed E-state index contributed by atoms with van der Waals surface area (Å²) in [6.07, 6.45) is 4.12. The van der Waals surface area contributed by atoms with Crippen molar-refractivity contribution in [2.75, 3.05) is 20.7 Å². The lowest BCUT2D eigenvalue weighted by molar-refractivity contribution is -0.128. The molecular formula is C12H23NO2. The van der Waals surface area contributed by atoms with Crippen molar-refractivity contribution in [2.45, 2.75) is 51.2 Å². The highest BCUT2D eigenvalue weighted by atomic mass is 16.5. The van der Waals surface area contributed by atoms with Crippen molar-refractivity contribution >= 4 is 5.78 Å². The van der Waals surface area contributed by atoms with Crippen LogP contribution in [0.25, 0.3) is 0 Å². The van der Waals surface area contributed by atoms with Gasteiger partial charge in [0.2, 0.25) is 0 Å². The average molecular weight is 213 g/mol. The minimum atomic E-state index is -0.349. The maximum atomic E-state index is 12.0. The number of carbonyl (C=O) groups excluding carboxylic acids is 1. The first-order valence-corrected chi connectivity index (χ1v) is 5.77. The van der Waals surface area contributed by atoms with E-state index in [1.165, 1.54) is 0 Å². The van der Waals surface area contributed by atoms with Crippen LogP contribution in [0.1, 0.15) is 39.5 Å². The van der Waals surface area contributed by atoms with Gasteiger partial charge in [0.1, 0.15) is 0 Å². The molecule has 0 amide bonds. The molecule has 1 rings (SSSR count). The molecule has 0 radical (unpaired) electrons. The van der Waals surface area contributed by atoms with Crippen LogP contribution in [0.3, 0.4) is 0 Å². The summed E-state index contributed by atoms with van der Waals surface area (Å²) in [5, 5.41) is 0. The molecule has 0 aromatic carbocycles. The summed E-state index contributed by atoms with van der Waals surface area (Å²) in [7, 11) is 3.90. The second-order valence-corrected chi connectivity index (χ2v) is 5.05. The van der Waals surface area contributed by atoms with Gasteiger partial charge >= 0.3 is 0 Å². The van der Waals surface area contributed by atoms with E-state index in [1.807, 2.05) is 32.8 Å². The molecule has 3 nitrogen and oxygen atoms in total. The van der Waals surface area contributed by atoms with Crippen molar-refractivity contribution in [3.05, 3.63) is 0 Å². The van der Waals surface area contributed by atoms with E-state index in [2.05, 4.69) is 0 Å². The molecule has 0 aliphatic carbocycles. The fourth-order valence-electron chi connectivity index (χ4n) is 1.72. The van der Waals surface area contributed by atoms with E-state index in [-0.39, 0.29) is 5.54 Å². The quantitative estimate of drug-likeness (QED) is 0.698. The van der Waals surface area contributed by atoms with Crippen LogP contribution in [0, 0.1) is 0 Å². The van der Waals surface area contributed by atoms with Crippen molar-refractivity contribution in [1.29, 1.82) is 0 Å². The summed E-state index contributed by atoms with van der Waals surface area (Å²) in [6, 6.07) is 0. The molecule has 0 aromatic heterocycles. The molecule has 0 aromatic rings. The third-order valence-corrected chi connectivity index (χ3v) is 3.52. The number of hydrogen-bond donors (Lipinski definition) is 0. The molecule has 88 valence electrons. The highest BCUT2D eigenvalue weighted by Crippen LogP contribution is 2.20. The molecule has 1 heterocycles. The summed E-state index contributed by atoms with van der Waals surface area (Å²) in [6.45, 7) is 4.83. The summed E-state index contributed by atoms with van der Waals surface area (Å²) < 4.78 is 5.51. The summed E-state index contributed by atoms with van der Waals surface area (Å²) in [5.41, 5.74) is -0.349. The topological polar surface area (TPSA) is 29.5 Å². The van der Waals surface area contributed by atoms with Gasteiger partial charge in [-0.05, 0) is 47.2 Å². The van der Waals surface area contributed by atoms with Crippen LogP contribution in [-0.2, 0) is 9.53 Å². The third-order valence-electron chi connectivity index (χ3n) is 3.52. The smallest absolute Gasteiger partial charge is 0.152 e. The van der Waals surface area contributed by atoms with E-state index in [9.17, 15) is 4.79 Å². The molecule has 0 N–H and O–H groups in total. The van der Waals surface area contributed by atoms with Gasteiger partial charge in [0.05, 0.1) is 11.6 Å². The molecule has 0 bridgehead atoms. The molecule has 15 heavy (non-hydrogen) atoms. The zero-order valence-corrected chi connectivity index (χ0v) is 10.4. The van der Waals surface area contributed by atoms with Gasteiger partial charge in [0.15, 0.2) is 5.78 Å². The van der Waals surface area contributed by atoms with E-state index in [0.717, 1.165) is 25.9 Å². The molecule has 1 saturated heterocycles. The first kappa shape index (κ1) is 12.7. The van der Waals surface area contributed by atoms with Crippen LogP contribution in [0.4, 0.5) is 0 Å². The Balaban J connectivity index is 2.34. The lowest BCUT2D eigenvalue weighted by Crippen LogP contribution is -2.45. The molecule has 1 aliphatic heterocycles. The number of rotatable bonds is 5. The number of hydrogen-bond acceptors (Lipinski definition) is 3. The second-order valence-electron chi connectivity index (χ2n) is 5.05. The molecule has 1 atom stereocenters. The Morgan fingerprint density at radius 1 is 1.47 bits per heavy atom. The van der Waals surface area contributed by atoms with Gasteiger partial charge in [-0.3, -0.25) is 9.69 Å². The second kappa shape index (κ2) is 5.08. The normalized spacial score (nSPS) is 22.3. The Kier molecular flexibility index (Phi) is 4.29. The number of ether oxygens (including phenoxy) is 1. The molecule has 1 aliphatic rings. The van der Waals surface area contributed by atoms with Crippen LogP contribution < -0.4 is 0 Å². The predicted molar refractivity (Wildman–Crippen MR) is 61.0 cm³/mol. The lowest BCUT2D eigenvalue weighted by Gasteiger charge is -2.31. The standard InChI is InChI=1S/C12H23NO2/c1-12(2,13(3)4)11(14)8-7-10-6-5-9-15-10/h10H,5-9H2,1-4H3. The van der Waals surface area contributed by atoms with Crippen molar-refractivity contribution in [1.82, 2.24) is 4.90 Å². The monoisotopic (exact) mass is 213 g/mol. The maximum absolute atomic E-state index is 12.0. The van der Waals surface area contributed by atoms with Gasteiger partial charge in [-0.25, -0.2) is 0 Å². The van der Waals surface area contributed by atoms with Gasteiger partial charge in [-0.15, -0.1) is 0 Å². The van der Waals surface area contributed by atoms with Crippen molar-refractivity contribution in [2.24, 2.45) is 0 Å². The van der Waals surface area contributed by atoms with Crippen LogP contribution in [-0.4, -0.2) is 43.0 Å². The molecule has 3 heteroatoms. The SMILES string of the molecule is CN(C)C(C)(C)C(=O)CCC1CCCO1. The Morgan fingerprint density at radius 2 is 2.13 bits per heavy atom. The van der Waals surface area contributed by atoms with Crippen molar-refractivity contribution in [3.8, 4) is 0 Å². The summed E-state index contributed by atoms with van der Waals surface area (Å²) >= 11 is 0. The van der Waals surface area contributed by atoms with Gasteiger partial charge < -0.3 is 4.74 Å². The largest absolute Gasteiger partial charge is 0.378 e. The van der Waals surface area contributed by atoms with Crippen LogP contribution in [0.2, 0.25) is 0 Å². The molecule has 1 unspecified atom stereocenters. The predicted octanol–water partition coefficient (Wildman–Crippen LogP) is 1.85. The minimum absolute atomic E-state index is 0.308. The molecular weight excluding hydrogens is 190 g/mol. The van der Waals surface area contributed by atoms with E-state index < -0.39 is 0 Å². The van der Waals surface area contributed by atoms with E-state index >= 15 is 0 Å². The Labute approximate surface area is 92.8 Å². The number of ketones is 1. The Bertz CT molecular complexity index is 218. The first-order valence-electron chi connectivity index (χ1n) is 5.77. The third kappa shape index (κ3) is 3.28. The number of likely N-dealkylation sites (N-methyl/N-ethyl adjacent to an activating group) is 1. The highest BCUT2D eigenvalue weighted by molar-refractivity contribution is 5.87. The average Bonchev–Trinajstić information content (AvgIpc) is 2.66. The van der Waals surface area contributed by atoms with E-state index in [0.29, 0.717) is 18.3 Å². The number of carbonyl (C=O) groups is 1. The van der Waals surface area contributed by atoms with Crippen LogP contribution in [0.5, 0.6) is 0 Å². The van der Waals surface area contributed by atoms with Crippen molar-refractivity contribution in [3.63, 3.8) is 0 Å². The van der Waals surface area contributed by atoms with E-state index in [1.54, 1.807) is 0 Å². The zero-order valence-electron chi connectivity index (χ0n) is 10.4. The minimum Gasteiger partial charge on any atom is -0.378 e. The first-order chi connectivity index (χ1) is 6.94. The maximum Gasteiger partial charge on any atom is 0.152 e. The Hall–Kier alpha value is -0.410. The summed E-state index contributed by atoms with van der Waals surface area (Å²) in [5.74, 6) is 0.308. The highest BCUT2D eigenvalue weighted by Gasteiger charge is 2.30. The Morgan fingerprint density at radius 3 is 2.60 bits per heavy atom. The molecule has 0 saturated carbocycles. The number of Topliss-reactive ketones (excluding diaryl/α,β-unsaturated/α-hetero) is 1. The van der Waals surface area contributed by atoms with Gasteiger partial charge in [0.25, 0.3) is 0 Å². The van der Waals surface area contributed by atoms with Gasteiger partial charge in [0, 0.05) is 13.0 Å². The van der Waals surface area contributed by atoms with Crippen molar-refractivity contribution < 1.29 is 9.53 Å². The number of nitrogens with zero attached hydrogens (tertiary/aromatic N) is 1. The van der Waals surface area contributed by atoms with E-state index in [4.69, 9.17) is 4.74 Å². The fourth-order valence-corrected chi connectivity index (χ4v) is 1.72. The van der Waals surface area contributed by atoms with Gasteiger partial charge in [-0.1, -0.05) is 0 Å².